The maximum atomic E-state index is 12.4. The zero-order valence-corrected chi connectivity index (χ0v) is 15.7. The highest BCUT2D eigenvalue weighted by molar-refractivity contribution is 7.99. The molecular weight excluding hydrogens is 348 g/mol. The third-order valence-corrected chi connectivity index (χ3v) is 5.10. The molecule has 1 heterocycles. The van der Waals surface area contributed by atoms with Crippen molar-refractivity contribution in [2.24, 2.45) is 0 Å². The minimum absolute atomic E-state index is 0.00125. The zero-order valence-electron chi connectivity index (χ0n) is 14.9. The number of nitrogens with one attached hydrogen (secondary N) is 1. The van der Waals surface area contributed by atoms with Crippen LogP contribution in [0, 0.1) is 6.92 Å². The van der Waals surface area contributed by atoms with E-state index in [1.54, 1.807) is 30.8 Å². The number of hydrogen-bond acceptors (Lipinski definition) is 4. The molecule has 1 N–H and O–H groups in total. The van der Waals surface area contributed by atoms with Gasteiger partial charge in [-0.2, -0.15) is 0 Å². The van der Waals surface area contributed by atoms with Crippen molar-refractivity contribution >= 4 is 29.3 Å². The normalized spacial score (nSPS) is 16.0. The first-order valence-corrected chi connectivity index (χ1v) is 9.56. The van der Waals surface area contributed by atoms with Gasteiger partial charge in [0.25, 0.3) is 5.91 Å². The Balaban J connectivity index is 1.51. The van der Waals surface area contributed by atoms with Crippen LogP contribution >= 0.6 is 11.8 Å². The number of anilines is 1. The number of aryl methyl sites for hydroxylation is 1. The molecule has 1 aliphatic rings. The molecule has 0 saturated heterocycles. The summed E-state index contributed by atoms with van der Waals surface area (Å²) in [5.41, 5.74) is 1.87. The molecule has 3 rings (SSSR count). The first kappa shape index (κ1) is 18.3. The fraction of sp³-hybridized carbons (Fsp3) is 0.300. The van der Waals surface area contributed by atoms with E-state index in [1.807, 2.05) is 12.1 Å². The third-order valence-electron chi connectivity index (χ3n) is 4.09. The second-order valence-corrected chi connectivity index (χ2v) is 7.33. The van der Waals surface area contributed by atoms with Crippen LogP contribution in [0.1, 0.15) is 12.5 Å². The number of carbonyl (C=O) groups is 2. The summed E-state index contributed by atoms with van der Waals surface area (Å²) in [6.07, 6.45) is -0.588. The van der Waals surface area contributed by atoms with E-state index >= 15 is 0 Å². The smallest absolute Gasteiger partial charge is 0.268 e. The van der Waals surface area contributed by atoms with Gasteiger partial charge in [-0.05, 0) is 38.1 Å². The van der Waals surface area contributed by atoms with Crippen molar-refractivity contribution in [2.45, 2.75) is 24.8 Å². The molecule has 6 heteroatoms. The number of rotatable bonds is 6. The number of thioether (sulfide) groups is 1. The summed E-state index contributed by atoms with van der Waals surface area (Å²) >= 11 is 1.69. The van der Waals surface area contributed by atoms with Gasteiger partial charge < -0.3 is 10.1 Å². The molecule has 136 valence electrons. The standard InChI is InChI=1S/C20H22N2O3S/c1-14-7-9-16(10-8-14)26-12-11-21-19(23)13-22-17-5-3-4-6-18(17)25-15(2)20(22)24/h3-10,15H,11-13H2,1-2H3,(H,21,23). The maximum absolute atomic E-state index is 12.4. The lowest BCUT2D eigenvalue weighted by atomic mass is 10.2. The van der Waals surface area contributed by atoms with Gasteiger partial charge in [0.05, 0.1) is 5.69 Å². The zero-order chi connectivity index (χ0) is 18.5. The van der Waals surface area contributed by atoms with Crippen molar-refractivity contribution in [3.63, 3.8) is 0 Å². The molecule has 5 nitrogen and oxygen atoms in total. The average Bonchev–Trinajstić information content (AvgIpc) is 2.64. The highest BCUT2D eigenvalue weighted by atomic mass is 32.2. The van der Waals surface area contributed by atoms with E-state index in [0.29, 0.717) is 18.0 Å². The van der Waals surface area contributed by atoms with E-state index in [-0.39, 0.29) is 18.4 Å². The largest absolute Gasteiger partial charge is 0.479 e. The molecule has 2 amide bonds. The Morgan fingerprint density at radius 2 is 1.92 bits per heavy atom. The Morgan fingerprint density at radius 1 is 1.19 bits per heavy atom. The first-order valence-electron chi connectivity index (χ1n) is 8.58. The molecule has 0 aromatic heterocycles. The van der Waals surface area contributed by atoms with Crippen LogP contribution in [0.15, 0.2) is 53.4 Å². The van der Waals surface area contributed by atoms with E-state index in [2.05, 4.69) is 36.5 Å². The molecule has 1 aliphatic heterocycles. The van der Waals surface area contributed by atoms with Crippen LogP contribution in [0.4, 0.5) is 5.69 Å². The number of nitrogens with zero attached hydrogens (tertiary/aromatic N) is 1. The number of fused-ring (bicyclic) bond motifs is 1. The quantitative estimate of drug-likeness (QED) is 0.627. The molecule has 0 aliphatic carbocycles. The Kier molecular flexibility index (Phi) is 5.83. The Morgan fingerprint density at radius 3 is 2.69 bits per heavy atom. The van der Waals surface area contributed by atoms with Gasteiger partial charge in [0.2, 0.25) is 5.91 Å². The number of ether oxygens (including phenoxy) is 1. The first-order chi connectivity index (χ1) is 12.5. The van der Waals surface area contributed by atoms with Gasteiger partial charge in [0.15, 0.2) is 6.10 Å². The predicted molar refractivity (Wildman–Crippen MR) is 104 cm³/mol. The average molecular weight is 370 g/mol. The fourth-order valence-corrected chi connectivity index (χ4v) is 3.48. The predicted octanol–water partition coefficient (Wildman–Crippen LogP) is 3.02. The van der Waals surface area contributed by atoms with Crippen molar-refractivity contribution in [1.29, 1.82) is 0 Å². The number of carbonyl (C=O) groups excluding carboxylic acids is 2. The summed E-state index contributed by atoms with van der Waals surface area (Å²) in [5, 5.41) is 2.88. The summed E-state index contributed by atoms with van der Waals surface area (Å²) < 4.78 is 5.59. The molecule has 0 saturated carbocycles. The van der Waals surface area contributed by atoms with E-state index in [9.17, 15) is 9.59 Å². The Bertz CT molecular complexity index is 792. The Hall–Kier alpha value is -2.47. The number of benzene rings is 2. The van der Waals surface area contributed by atoms with Crippen LogP contribution in [0.25, 0.3) is 0 Å². The van der Waals surface area contributed by atoms with Crippen molar-refractivity contribution in [2.75, 3.05) is 23.7 Å². The van der Waals surface area contributed by atoms with Gasteiger partial charge in [-0.1, -0.05) is 29.8 Å². The SMILES string of the molecule is Cc1ccc(SCCNC(=O)CN2C(=O)C(C)Oc3ccccc32)cc1. The maximum Gasteiger partial charge on any atom is 0.268 e. The molecule has 0 fully saturated rings. The van der Waals surface area contributed by atoms with E-state index < -0.39 is 6.10 Å². The number of hydrogen-bond donors (Lipinski definition) is 1. The second kappa shape index (κ2) is 8.27. The van der Waals surface area contributed by atoms with Crippen molar-refractivity contribution in [3.8, 4) is 5.75 Å². The highest BCUT2D eigenvalue weighted by Gasteiger charge is 2.32. The van der Waals surface area contributed by atoms with Crippen LogP contribution in [0.3, 0.4) is 0 Å². The third kappa shape index (κ3) is 4.38. The van der Waals surface area contributed by atoms with Gasteiger partial charge in [-0.3, -0.25) is 14.5 Å². The molecule has 26 heavy (non-hydrogen) atoms. The molecule has 2 aromatic rings. The van der Waals surface area contributed by atoms with Crippen molar-refractivity contribution in [1.82, 2.24) is 5.32 Å². The topological polar surface area (TPSA) is 58.6 Å². The summed E-state index contributed by atoms with van der Waals surface area (Å²) in [4.78, 5) is 27.3. The lowest BCUT2D eigenvalue weighted by Crippen LogP contribution is -2.49. The van der Waals surface area contributed by atoms with Crippen LogP contribution in [0.5, 0.6) is 5.75 Å². The monoisotopic (exact) mass is 370 g/mol. The summed E-state index contributed by atoms with van der Waals surface area (Å²) in [6, 6.07) is 15.6. The fourth-order valence-electron chi connectivity index (χ4n) is 2.72. The number of para-hydroxylation sites is 2. The number of amides is 2. The van der Waals surface area contributed by atoms with Crippen molar-refractivity contribution < 1.29 is 14.3 Å². The molecule has 0 spiro atoms. The van der Waals surface area contributed by atoms with Gasteiger partial charge in [-0.15, -0.1) is 11.8 Å². The lowest BCUT2D eigenvalue weighted by Gasteiger charge is -2.32. The van der Waals surface area contributed by atoms with Crippen LogP contribution in [-0.2, 0) is 9.59 Å². The molecule has 1 unspecified atom stereocenters. The van der Waals surface area contributed by atoms with E-state index in [4.69, 9.17) is 4.74 Å². The second-order valence-electron chi connectivity index (χ2n) is 6.16. The lowest BCUT2D eigenvalue weighted by molar-refractivity contribution is -0.128. The summed E-state index contributed by atoms with van der Waals surface area (Å²) in [7, 11) is 0. The van der Waals surface area contributed by atoms with Crippen LogP contribution < -0.4 is 15.0 Å². The van der Waals surface area contributed by atoms with Gasteiger partial charge in [-0.25, -0.2) is 0 Å². The van der Waals surface area contributed by atoms with Gasteiger partial charge >= 0.3 is 0 Å². The summed E-state index contributed by atoms with van der Waals surface area (Å²) in [5.74, 6) is 1.03. The minimum Gasteiger partial charge on any atom is -0.479 e. The van der Waals surface area contributed by atoms with E-state index in [0.717, 1.165) is 5.75 Å². The van der Waals surface area contributed by atoms with E-state index in [1.165, 1.54) is 15.4 Å². The van der Waals surface area contributed by atoms with Crippen molar-refractivity contribution in [3.05, 3.63) is 54.1 Å². The van der Waals surface area contributed by atoms with Crippen LogP contribution in [-0.4, -0.2) is 36.8 Å². The Labute approximate surface area is 157 Å². The van der Waals surface area contributed by atoms with Crippen LogP contribution in [0.2, 0.25) is 0 Å². The summed E-state index contributed by atoms with van der Waals surface area (Å²) in [6.45, 7) is 4.30. The van der Waals surface area contributed by atoms with Gasteiger partial charge in [0, 0.05) is 17.2 Å². The molecular formula is C20H22N2O3S. The molecule has 0 bridgehead atoms. The van der Waals surface area contributed by atoms with Gasteiger partial charge in [0.1, 0.15) is 12.3 Å². The molecule has 1 atom stereocenters. The highest BCUT2D eigenvalue weighted by Crippen LogP contribution is 2.33. The minimum atomic E-state index is -0.588. The molecule has 0 radical (unpaired) electrons. The molecule has 2 aromatic carbocycles.